The van der Waals surface area contributed by atoms with Crippen LogP contribution in [-0.4, -0.2) is 46.2 Å². The highest BCUT2D eigenvalue weighted by Gasteiger charge is 2.35. The van der Waals surface area contributed by atoms with E-state index in [0.717, 1.165) is 42.4 Å². The Morgan fingerprint density at radius 3 is 2.63 bits per heavy atom. The first kappa shape index (κ1) is 18.0. The van der Waals surface area contributed by atoms with E-state index in [1.807, 2.05) is 34.1 Å². The van der Waals surface area contributed by atoms with Crippen LogP contribution in [0.25, 0.3) is 10.9 Å². The van der Waals surface area contributed by atoms with Crippen LogP contribution in [0.15, 0.2) is 24.3 Å². The molecule has 0 spiro atoms. The molecular formula is C22H27N3O2. The van der Waals surface area contributed by atoms with Gasteiger partial charge in [0.25, 0.3) is 11.8 Å². The minimum Gasteiger partial charge on any atom is -0.339 e. The number of pyridine rings is 1. The van der Waals surface area contributed by atoms with Crippen molar-refractivity contribution >= 4 is 22.7 Å². The van der Waals surface area contributed by atoms with Crippen LogP contribution in [0.4, 0.5) is 0 Å². The van der Waals surface area contributed by atoms with Crippen LogP contribution in [0.2, 0.25) is 0 Å². The van der Waals surface area contributed by atoms with E-state index in [0.29, 0.717) is 36.2 Å². The van der Waals surface area contributed by atoms with E-state index < -0.39 is 0 Å². The second-order valence-corrected chi connectivity index (χ2v) is 8.39. The second kappa shape index (κ2) is 6.95. The van der Waals surface area contributed by atoms with Crippen molar-refractivity contribution in [1.29, 1.82) is 0 Å². The van der Waals surface area contributed by atoms with Crippen molar-refractivity contribution in [1.82, 2.24) is 14.8 Å². The standard InChI is InChI=1S/C22H27N3O2/c1-14(2)12-25-13-17-19(21(26)24-10-8-15(3)9-11-24)16-6-4-5-7-18(16)23-20(17)22(25)27/h4-7,14-15H,8-13H2,1-3H3. The van der Waals surface area contributed by atoms with Crippen LogP contribution in [0.3, 0.4) is 0 Å². The number of rotatable bonds is 3. The molecule has 1 aromatic carbocycles. The van der Waals surface area contributed by atoms with E-state index in [-0.39, 0.29) is 11.8 Å². The van der Waals surface area contributed by atoms with Crippen molar-refractivity contribution in [3.8, 4) is 0 Å². The normalized spacial score (nSPS) is 17.9. The van der Waals surface area contributed by atoms with Gasteiger partial charge in [0.2, 0.25) is 0 Å². The number of carbonyl (C=O) groups is 2. The summed E-state index contributed by atoms with van der Waals surface area (Å²) >= 11 is 0. The van der Waals surface area contributed by atoms with Crippen molar-refractivity contribution in [3.63, 3.8) is 0 Å². The first-order valence-electron chi connectivity index (χ1n) is 9.96. The monoisotopic (exact) mass is 365 g/mol. The number of nitrogens with zero attached hydrogens (tertiary/aromatic N) is 3. The van der Waals surface area contributed by atoms with Crippen LogP contribution in [0.5, 0.6) is 0 Å². The molecule has 2 aliphatic rings. The van der Waals surface area contributed by atoms with Gasteiger partial charge in [-0.1, -0.05) is 39.0 Å². The Labute approximate surface area is 160 Å². The Balaban J connectivity index is 1.80. The summed E-state index contributed by atoms with van der Waals surface area (Å²) in [6, 6.07) is 7.69. The van der Waals surface area contributed by atoms with Crippen LogP contribution in [0.1, 0.15) is 60.0 Å². The van der Waals surface area contributed by atoms with Gasteiger partial charge in [-0.2, -0.15) is 0 Å². The Bertz CT molecular complexity index is 898. The lowest BCUT2D eigenvalue weighted by molar-refractivity contribution is 0.0694. The first-order chi connectivity index (χ1) is 13.0. The third-order valence-electron chi connectivity index (χ3n) is 5.70. The molecule has 2 aliphatic heterocycles. The topological polar surface area (TPSA) is 53.5 Å². The number of amides is 2. The highest BCUT2D eigenvalue weighted by molar-refractivity contribution is 6.11. The summed E-state index contributed by atoms with van der Waals surface area (Å²) < 4.78 is 0. The summed E-state index contributed by atoms with van der Waals surface area (Å²) in [6.45, 7) is 9.17. The number of aromatic nitrogens is 1. The number of hydrogen-bond acceptors (Lipinski definition) is 3. The van der Waals surface area contributed by atoms with Gasteiger partial charge < -0.3 is 9.80 Å². The summed E-state index contributed by atoms with van der Waals surface area (Å²) in [5, 5.41) is 0.860. The van der Waals surface area contributed by atoms with E-state index in [9.17, 15) is 9.59 Å². The summed E-state index contributed by atoms with van der Waals surface area (Å²) in [5.74, 6) is 1.04. The van der Waals surface area contributed by atoms with Crippen molar-refractivity contribution in [2.24, 2.45) is 11.8 Å². The zero-order chi connectivity index (χ0) is 19.1. The molecule has 1 fully saturated rings. The molecule has 3 heterocycles. The quantitative estimate of drug-likeness (QED) is 0.833. The van der Waals surface area contributed by atoms with Gasteiger partial charge >= 0.3 is 0 Å². The lowest BCUT2D eigenvalue weighted by Crippen LogP contribution is -2.38. The number of benzene rings is 1. The molecular weight excluding hydrogens is 338 g/mol. The number of para-hydroxylation sites is 1. The average molecular weight is 365 g/mol. The van der Waals surface area contributed by atoms with E-state index in [4.69, 9.17) is 0 Å². The molecule has 0 N–H and O–H groups in total. The molecule has 4 rings (SSSR count). The molecule has 1 saturated heterocycles. The molecule has 1 aromatic heterocycles. The molecule has 5 heteroatoms. The number of hydrogen-bond donors (Lipinski definition) is 0. The number of likely N-dealkylation sites (tertiary alicyclic amines) is 1. The second-order valence-electron chi connectivity index (χ2n) is 8.39. The fraction of sp³-hybridized carbons (Fsp3) is 0.500. The van der Waals surface area contributed by atoms with E-state index in [2.05, 4.69) is 25.8 Å². The maximum Gasteiger partial charge on any atom is 0.273 e. The lowest BCUT2D eigenvalue weighted by Gasteiger charge is -2.31. The van der Waals surface area contributed by atoms with Crippen molar-refractivity contribution < 1.29 is 9.59 Å². The van der Waals surface area contributed by atoms with Gasteiger partial charge in [-0.05, 0) is 30.7 Å². The third-order valence-corrected chi connectivity index (χ3v) is 5.70. The molecule has 0 bridgehead atoms. The predicted molar refractivity (Wildman–Crippen MR) is 106 cm³/mol. The van der Waals surface area contributed by atoms with Crippen LogP contribution in [-0.2, 0) is 6.54 Å². The smallest absolute Gasteiger partial charge is 0.273 e. The summed E-state index contributed by atoms with van der Waals surface area (Å²) in [4.78, 5) is 34.8. The maximum absolute atomic E-state index is 13.5. The molecule has 0 saturated carbocycles. The van der Waals surface area contributed by atoms with Gasteiger partial charge in [0, 0.05) is 37.1 Å². The van der Waals surface area contributed by atoms with E-state index in [1.165, 1.54) is 0 Å². The maximum atomic E-state index is 13.5. The molecule has 142 valence electrons. The van der Waals surface area contributed by atoms with Crippen molar-refractivity contribution in [2.75, 3.05) is 19.6 Å². The molecule has 0 aliphatic carbocycles. The molecule has 0 unspecified atom stereocenters. The largest absolute Gasteiger partial charge is 0.339 e. The van der Waals surface area contributed by atoms with Gasteiger partial charge in [-0.15, -0.1) is 0 Å². The van der Waals surface area contributed by atoms with E-state index in [1.54, 1.807) is 0 Å². The van der Waals surface area contributed by atoms with Crippen LogP contribution < -0.4 is 0 Å². The Morgan fingerprint density at radius 2 is 1.93 bits per heavy atom. The van der Waals surface area contributed by atoms with E-state index >= 15 is 0 Å². The lowest BCUT2D eigenvalue weighted by atomic mass is 9.96. The first-order valence-corrected chi connectivity index (χ1v) is 9.96. The zero-order valence-electron chi connectivity index (χ0n) is 16.4. The van der Waals surface area contributed by atoms with Gasteiger partial charge in [-0.25, -0.2) is 4.98 Å². The highest BCUT2D eigenvalue weighted by atomic mass is 16.2. The number of carbonyl (C=O) groups excluding carboxylic acids is 2. The predicted octanol–water partition coefficient (Wildman–Crippen LogP) is 3.72. The molecule has 2 aromatic rings. The number of fused-ring (bicyclic) bond motifs is 2. The molecule has 5 nitrogen and oxygen atoms in total. The summed E-state index contributed by atoms with van der Waals surface area (Å²) in [7, 11) is 0. The van der Waals surface area contributed by atoms with Crippen molar-refractivity contribution in [2.45, 2.75) is 40.2 Å². The summed E-state index contributed by atoms with van der Waals surface area (Å²) in [6.07, 6.45) is 2.07. The Morgan fingerprint density at radius 1 is 1.22 bits per heavy atom. The Kier molecular flexibility index (Phi) is 4.62. The van der Waals surface area contributed by atoms with Gasteiger partial charge in [-0.3, -0.25) is 9.59 Å². The van der Waals surface area contributed by atoms with Gasteiger partial charge in [0.15, 0.2) is 0 Å². The Hall–Kier alpha value is -2.43. The van der Waals surface area contributed by atoms with Crippen molar-refractivity contribution in [3.05, 3.63) is 41.1 Å². The highest BCUT2D eigenvalue weighted by Crippen LogP contribution is 2.32. The minimum atomic E-state index is -0.0502. The molecule has 0 atom stereocenters. The molecule has 2 amide bonds. The third kappa shape index (κ3) is 3.20. The number of piperidine rings is 1. The van der Waals surface area contributed by atoms with Crippen LogP contribution in [0, 0.1) is 11.8 Å². The summed E-state index contributed by atoms with van der Waals surface area (Å²) in [5.41, 5.74) is 2.68. The molecule has 27 heavy (non-hydrogen) atoms. The SMILES string of the molecule is CC(C)CN1Cc2c(nc3ccccc3c2C(=O)N2CCC(C)CC2)C1=O. The minimum absolute atomic E-state index is 0.0502. The average Bonchev–Trinajstić information content (AvgIpc) is 2.95. The van der Waals surface area contributed by atoms with Gasteiger partial charge in [0.05, 0.1) is 11.1 Å². The van der Waals surface area contributed by atoms with Crippen LogP contribution >= 0.6 is 0 Å². The van der Waals surface area contributed by atoms with Gasteiger partial charge in [0.1, 0.15) is 5.69 Å². The fourth-order valence-electron chi connectivity index (χ4n) is 4.20. The zero-order valence-corrected chi connectivity index (χ0v) is 16.4. The molecule has 0 radical (unpaired) electrons. The fourth-order valence-corrected chi connectivity index (χ4v) is 4.20.